The van der Waals surface area contributed by atoms with Crippen LogP contribution in [0.2, 0.25) is 5.02 Å². The number of carboxylic acid groups (broad SMARTS) is 1. The molecule has 4 aromatic carbocycles. The van der Waals surface area contributed by atoms with Crippen LogP contribution >= 0.6 is 38.9 Å². The number of halogens is 2. The number of nitrogens with zero attached hydrogens (tertiary/aromatic N) is 2. The molecule has 2 N–H and O–H groups in total. The molecule has 0 spiro atoms. The smallest absolute Gasteiger partial charge is 0.305 e. The van der Waals surface area contributed by atoms with Crippen molar-refractivity contribution in [1.82, 2.24) is 10.3 Å². The highest BCUT2D eigenvalue weighted by Gasteiger charge is 2.21. The Hall–Kier alpha value is -3.98. The van der Waals surface area contributed by atoms with Gasteiger partial charge in [0.25, 0.3) is 5.91 Å². The molecule has 0 aliphatic rings. The molecule has 5 aromatic rings. The van der Waals surface area contributed by atoms with Crippen molar-refractivity contribution < 1.29 is 14.7 Å². The fraction of sp³-hybridized carbons (Fsp3) is 0.0938. The van der Waals surface area contributed by atoms with Gasteiger partial charge >= 0.3 is 5.97 Å². The summed E-state index contributed by atoms with van der Waals surface area (Å²) in [5, 5.41) is 12.9. The first-order valence-electron chi connectivity index (χ1n) is 12.8. The average molecular weight is 647 g/mol. The molecule has 1 amide bonds. The van der Waals surface area contributed by atoms with E-state index >= 15 is 0 Å². The van der Waals surface area contributed by atoms with Crippen LogP contribution in [-0.4, -0.2) is 28.5 Å². The third-order valence-electron chi connectivity index (χ3n) is 6.32. The Kier molecular flexibility index (Phi) is 9.14. The standard InChI is InChI=1S/C32H25BrClN3O3S/c33-25-12-16-27(17-13-25)37(20-21-6-8-24(9-7-21)31(40)35-19-18-28(38)39)32-36-29(22-10-14-26(34)15-11-22)30(41-32)23-4-2-1-3-5-23/h1-17H,18-20H2,(H,35,40)(H,38,39). The molecule has 0 unspecified atom stereocenters. The van der Waals surface area contributed by atoms with Gasteiger partial charge in [0.2, 0.25) is 0 Å². The van der Waals surface area contributed by atoms with E-state index in [1.807, 2.05) is 78.9 Å². The number of carboxylic acids is 1. The molecule has 0 saturated carbocycles. The molecule has 9 heteroatoms. The Labute approximate surface area is 255 Å². The van der Waals surface area contributed by atoms with Crippen LogP contribution in [0.1, 0.15) is 22.3 Å². The van der Waals surface area contributed by atoms with Crippen molar-refractivity contribution in [3.63, 3.8) is 0 Å². The fourth-order valence-corrected chi connectivity index (χ4v) is 5.74. The Morgan fingerprint density at radius 3 is 2.22 bits per heavy atom. The van der Waals surface area contributed by atoms with E-state index in [4.69, 9.17) is 21.7 Å². The maximum Gasteiger partial charge on any atom is 0.305 e. The second-order valence-corrected chi connectivity index (χ2v) is 11.5. The highest BCUT2D eigenvalue weighted by Crippen LogP contribution is 2.43. The molecule has 0 aliphatic carbocycles. The van der Waals surface area contributed by atoms with Crippen LogP contribution < -0.4 is 10.2 Å². The zero-order chi connectivity index (χ0) is 28.8. The van der Waals surface area contributed by atoms with Gasteiger partial charge in [-0.1, -0.05) is 93.5 Å². The minimum absolute atomic E-state index is 0.0804. The van der Waals surface area contributed by atoms with Gasteiger partial charge in [0, 0.05) is 32.9 Å². The quantitative estimate of drug-likeness (QED) is 0.159. The van der Waals surface area contributed by atoms with Crippen LogP contribution in [0.5, 0.6) is 0 Å². The number of rotatable bonds is 10. The molecular weight excluding hydrogens is 622 g/mol. The van der Waals surface area contributed by atoms with Gasteiger partial charge in [0.15, 0.2) is 5.13 Å². The minimum atomic E-state index is -0.953. The molecule has 0 fully saturated rings. The largest absolute Gasteiger partial charge is 0.481 e. The van der Waals surface area contributed by atoms with Gasteiger partial charge in [0.1, 0.15) is 0 Å². The average Bonchev–Trinajstić information content (AvgIpc) is 3.42. The van der Waals surface area contributed by atoms with Crippen LogP contribution in [0.4, 0.5) is 10.8 Å². The van der Waals surface area contributed by atoms with Crippen LogP contribution in [0.25, 0.3) is 21.7 Å². The summed E-state index contributed by atoms with van der Waals surface area (Å²) in [6, 6.07) is 33.3. The number of anilines is 2. The second-order valence-electron chi connectivity index (χ2n) is 9.21. The fourth-order valence-electron chi connectivity index (χ4n) is 4.23. The Balaban J connectivity index is 1.50. The van der Waals surface area contributed by atoms with Crippen LogP contribution in [-0.2, 0) is 11.3 Å². The van der Waals surface area contributed by atoms with Gasteiger partial charge in [-0.2, -0.15) is 0 Å². The van der Waals surface area contributed by atoms with Crippen molar-refractivity contribution >= 4 is 61.6 Å². The number of carbonyl (C=O) groups is 2. The maximum atomic E-state index is 12.4. The minimum Gasteiger partial charge on any atom is -0.481 e. The normalized spacial score (nSPS) is 10.8. The van der Waals surface area contributed by atoms with Crippen molar-refractivity contribution in [2.24, 2.45) is 0 Å². The van der Waals surface area contributed by atoms with Crippen molar-refractivity contribution in [2.45, 2.75) is 13.0 Å². The molecule has 1 aromatic heterocycles. The molecule has 5 rings (SSSR count). The molecular formula is C32H25BrClN3O3S. The third kappa shape index (κ3) is 7.21. The van der Waals surface area contributed by atoms with E-state index in [9.17, 15) is 9.59 Å². The summed E-state index contributed by atoms with van der Waals surface area (Å²) in [5.74, 6) is -1.26. The summed E-state index contributed by atoms with van der Waals surface area (Å²) in [6.07, 6.45) is -0.122. The molecule has 0 saturated heterocycles. The predicted octanol–water partition coefficient (Wildman–Crippen LogP) is 8.44. The van der Waals surface area contributed by atoms with E-state index in [2.05, 4.69) is 38.3 Å². The Morgan fingerprint density at radius 2 is 1.56 bits per heavy atom. The summed E-state index contributed by atoms with van der Waals surface area (Å²) < 4.78 is 0.977. The second kappa shape index (κ2) is 13.1. The summed E-state index contributed by atoms with van der Waals surface area (Å²) in [4.78, 5) is 31.5. The number of benzene rings is 4. The van der Waals surface area contributed by atoms with Gasteiger partial charge in [0.05, 0.1) is 23.5 Å². The number of nitrogens with one attached hydrogen (secondary N) is 1. The van der Waals surface area contributed by atoms with Gasteiger partial charge in [-0.05, 0) is 59.7 Å². The lowest BCUT2D eigenvalue weighted by Crippen LogP contribution is -2.26. The Morgan fingerprint density at radius 1 is 0.878 bits per heavy atom. The van der Waals surface area contributed by atoms with Gasteiger partial charge in [-0.3, -0.25) is 9.59 Å². The zero-order valence-electron chi connectivity index (χ0n) is 21.8. The first kappa shape index (κ1) is 28.5. The van der Waals surface area contributed by atoms with E-state index in [0.29, 0.717) is 17.1 Å². The van der Waals surface area contributed by atoms with E-state index in [1.54, 1.807) is 23.5 Å². The first-order valence-corrected chi connectivity index (χ1v) is 14.8. The highest BCUT2D eigenvalue weighted by molar-refractivity contribution is 9.10. The number of carbonyl (C=O) groups excluding carboxylic acids is 1. The topological polar surface area (TPSA) is 82.5 Å². The summed E-state index contributed by atoms with van der Waals surface area (Å²) in [6.45, 7) is 0.599. The predicted molar refractivity (Wildman–Crippen MR) is 169 cm³/mol. The molecule has 0 radical (unpaired) electrons. The third-order valence-corrected chi connectivity index (χ3v) is 8.23. The zero-order valence-corrected chi connectivity index (χ0v) is 24.9. The number of aliphatic carboxylic acids is 1. The van der Waals surface area contributed by atoms with E-state index < -0.39 is 5.97 Å². The molecule has 206 valence electrons. The van der Waals surface area contributed by atoms with Crippen LogP contribution in [0.3, 0.4) is 0 Å². The first-order chi connectivity index (χ1) is 19.9. The van der Waals surface area contributed by atoms with Crippen molar-refractivity contribution in [3.8, 4) is 21.7 Å². The molecule has 41 heavy (non-hydrogen) atoms. The number of hydrogen-bond donors (Lipinski definition) is 2. The molecule has 1 heterocycles. The van der Waals surface area contributed by atoms with E-state index in [1.165, 1.54) is 0 Å². The molecule has 0 atom stereocenters. The van der Waals surface area contributed by atoms with Crippen molar-refractivity contribution in [2.75, 3.05) is 11.4 Å². The lowest BCUT2D eigenvalue weighted by atomic mass is 10.1. The lowest BCUT2D eigenvalue weighted by molar-refractivity contribution is -0.136. The summed E-state index contributed by atoms with van der Waals surface area (Å²) in [7, 11) is 0. The summed E-state index contributed by atoms with van der Waals surface area (Å²) >= 11 is 11.3. The number of aromatic nitrogens is 1. The maximum absolute atomic E-state index is 12.4. The van der Waals surface area contributed by atoms with Crippen LogP contribution in [0.15, 0.2) is 108 Å². The van der Waals surface area contributed by atoms with Gasteiger partial charge < -0.3 is 15.3 Å². The van der Waals surface area contributed by atoms with Crippen molar-refractivity contribution in [3.05, 3.63) is 124 Å². The number of thiazole rings is 1. The van der Waals surface area contributed by atoms with Gasteiger partial charge in [-0.25, -0.2) is 4.98 Å². The van der Waals surface area contributed by atoms with Crippen molar-refractivity contribution in [1.29, 1.82) is 0 Å². The summed E-state index contributed by atoms with van der Waals surface area (Å²) in [5.41, 5.74) is 5.36. The number of amides is 1. The molecule has 0 bridgehead atoms. The van der Waals surface area contributed by atoms with Crippen LogP contribution in [0, 0.1) is 0 Å². The Bertz CT molecular complexity index is 1640. The molecule has 0 aliphatic heterocycles. The highest BCUT2D eigenvalue weighted by atomic mass is 79.9. The molecule has 6 nitrogen and oxygen atoms in total. The SMILES string of the molecule is O=C(O)CCNC(=O)c1ccc(CN(c2ccc(Br)cc2)c2nc(-c3ccc(Cl)cc3)c(-c3ccccc3)s2)cc1. The van der Waals surface area contributed by atoms with E-state index in [-0.39, 0.29) is 18.9 Å². The lowest BCUT2D eigenvalue weighted by Gasteiger charge is -2.22. The van der Waals surface area contributed by atoms with E-state index in [0.717, 1.165) is 42.6 Å². The number of hydrogen-bond acceptors (Lipinski definition) is 5. The monoisotopic (exact) mass is 645 g/mol. The van der Waals surface area contributed by atoms with Gasteiger partial charge in [-0.15, -0.1) is 0 Å².